The van der Waals surface area contributed by atoms with Crippen LogP contribution in [0.15, 0.2) is 11.4 Å². The molecule has 1 rings (SSSR count). The van der Waals surface area contributed by atoms with E-state index in [4.69, 9.17) is 0 Å². The molecule has 0 saturated carbocycles. The van der Waals surface area contributed by atoms with Gasteiger partial charge in [-0.05, 0) is 28.8 Å². The van der Waals surface area contributed by atoms with Crippen LogP contribution in [0, 0.1) is 5.92 Å². The molecule has 0 spiro atoms. The summed E-state index contributed by atoms with van der Waals surface area (Å²) in [5, 5.41) is 20.7. The molecule has 4 nitrogen and oxygen atoms in total. The second kappa shape index (κ2) is 5.10. The molecular weight excluding hydrogens is 252 g/mol. The van der Waals surface area contributed by atoms with E-state index in [1.807, 2.05) is 13.8 Å². The Kier molecular flexibility index (Phi) is 4.16. The molecule has 0 radical (unpaired) electrons. The molecule has 18 heavy (non-hydrogen) atoms. The van der Waals surface area contributed by atoms with Gasteiger partial charge < -0.3 is 10.2 Å². The number of aliphatic carboxylic acids is 2. The van der Waals surface area contributed by atoms with Crippen molar-refractivity contribution >= 4 is 23.3 Å². The van der Waals surface area contributed by atoms with Gasteiger partial charge in [-0.1, -0.05) is 27.7 Å². The van der Waals surface area contributed by atoms with Gasteiger partial charge in [-0.2, -0.15) is 0 Å². The lowest BCUT2D eigenvalue weighted by atomic mass is 9.71. The minimum atomic E-state index is -1.86. The first-order valence-electron chi connectivity index (χ1n) is 5.80. The Hall–Kier alpha value is -1.36. The van der Waals surface area contributed by atoms with E-state index >= 15 is 0 Å². The molecule has 100 valence electrons. The monoisotopic (exact) mass is 270 g/mol. The fourth-order valence-corrected chi connectivity index (χ4v) is 3.20. The summed E-state index contributed by atoms with van der Waals surface area (Å²) in [6, 6.07) is 1.63. The second-order valence-corrected chi connectivity index (χ2v) is 5.87. The Balaban J connectivity index is 3.58. The molecule has 0 aliphatic heterocycles. The van der Waals surface area contributed by atoms with E-state index in [0.717, 1.165) is 4.88 Å². The van der Waals surface area contributed by atoms with Crippen LogP contribution in [-0.2, 0) is 15.0 Å². The third-order valence-electron chi connectivity index (χ3n) is 3.19. The smallest absolute Gasteiger partial charge is 0.325 e. The van der Waals surface area contributed by atoms with Gasteiger partial charge in [0, 0.05) is 4.88 Å². The number of carboxylic acids is 2. The van der Waals surface area contributed by atoms with Gasteiger partial charge >= 0.3 is 11.9 Å². The summed E-state index contributed by atoms with van der Waals surface area (Å²) >= 11 is 1.41. The van der Waals surface area contributed by atoms with Gasteiger partial charge in [0.15, 0.2) is 5.41 Å². The number of carbonyl (C=O) groups is 2. The Morgan fingerprint density at radius 1 is 1.17 bits per heavy atom. The fourth-order valence-electron chi connectivity index (χ4n) is 2.22. The Bertz CT molecular complexity index is 445. The summed E-state index contributed by atoms with van der Waals surface area (Å²) in [5.74, 6) is -3.02. The van der Waals surface area contributed by atoms with Crippen LogP contribution in [-0.4, -0.2) is 22.2 Å². The summed E-state index contributed by atoms with van der Waals surface area (Å²) < 4.78 is 0. The Morgan fingerprint density at radius 2 is 1.67 bits per heavy atom. The van der Waals surface area contributed by atoms with Crippen molar-refractivity contribution in [1.82, 2.24) is 0 Å². The van der Waals surface area contributed by atoms with Gasteiger partial charge in [-0.25, -0.2) is 0 Å². The average Bonchev–Trinajstić information content (AvgIpc) is 2.65. The predicted octanol–water partition coefficient (Wildman–Crippen LogP) is 2.93. The van der Waals surface area contributed by atoms with Gasteiger partial charge in [0.25, 0.3) is 0 Å². The molecule has 1 aromatic rings. The lowest BCUT2D eigenvalue weighted by Gasteiger charge is -2.30. The van der Waals surface area contributed by atoms with Crippen molar-refractivity contribution in [3.8, 4) is 0 Å². The van der Waals surface area contributed by atoms with Gasteiger partial charge in [0.2, 0.25) is 0 Å². The summed E-state index contributed by atoms with van der Waals surface area (Å²) in [6.45, 7) is 7.13. The number of thiophene rings is 1. The minimum absolute atomic E-state index is 0.108. The van der Waals surface area contributed by atoms with E-state index in [1.165, 1.54) is 11.3 Å². The first-order chi connectivity index (χ1) is 8.26. The zero-order valence-electron chi connectivity index (χ0n) is 10.9. The molecule has 0 aromatic carbocycles. The average molecular weight is 270 g/mol. The third kappa shape index (κ3) is 2.03. The topological polar surface area (TPSA) is 74.6 Å². The van der Waals surface area contributed by atoms with Crippen LogP contribution >= 0.6 is 11.3 Å². The van der Waals surface area contributed by atoms with Crippen molar-refractivity contribution in [1.29, 1.82) is 0 Å². The zero-order chi connectivity index (χ0) is 14.1. The molecule has 0 fully saturated rings. The van der Waals surface area contributed by atoms with E-state index < -0.39 is 23.3 Å². The molecule has 0 bridgehead atoms. The molecular formula is C13H18O4S. The highest BCUT2D eigenvalue weighted by Crippen LogP contribution is 2.40. The molecule has 1 aromatic heterocycles. The van der Waals surface area contributed by atoms with Crippen LogP contribution < -0.4 is 0 Å². The highest BCUT2D eigenvalue weighted by Gasteiger charge is 2.52. The van der Waals surface area contributed by atoms with E-state index in [-0.39, 0.29) is 5.92 Å². The molecule has 0 atom stereocenters. The minimum Gasteiger partial charge on any atom is -0.480 e. The first-order valence-corrected chi connectivity index (χ1v) is 6.68. The molecule has 0 saturated heterocycles. The summed E-state index contributed by atoms with van der Waals surface area (Å²) in [4.78, 5) is 24.0. The summed E-state index contributed by atoms with van der Waals surface area (Å²) in [5.41, 5.74) is -1.45. The lowest BCUT2D eigenvalue weighted by molar-refractivity contribution is -0.160. The van der Waals surface area contributed by atoms with Crippen LogP contribution in [0.25, 0.3) is 0 Å². The van der Waals surface area contributed by atoms with Crippen LogP contribution in [0.5, 0.6) is 0 Å². The quantitative estimate of drug-likeness (QED) is 0.807. The number of carboxylic acid groups (broad SMARTS) is 2. The second-order valence-electron chi connectivity index (χ2n) is 4.93. The highest BCUT2D eigenvalue weighted by atomic mass is 32.1. The summed E-state index contributed by atoms with van der Waals surface area (Å²) in [6.07, 6.45) is 0. The molecule has 0 amide bonds. The maximum atomic E-state index is 11.6. The van der Waals surface area contributed by atoms with Crippen molar-refractivity contribution in [2.75, 3.05) is 0 Å². The zero-order valence-corrected chi connectivity index (χ0v) is 11.7. The molecule has 0 unspecified atom stereocenters. The molecule has 2 N–H and O–H groups in total. The van der Waals surface area contributed by atoms with Gasteiger partial charge in [0.05, 0.1) is 0 Å². The summed E-state index contributed by atoms with van der Waals surface area (Å²) in [7, 11) is 0. The number of hydrogen-bond donors (Lipinski definition) is 2. The van der Waals surface area contributed by atoms with Crippen molar-refractivity contribution in [2.45, 2.75) is 39.0 Å². The standard InChI is InChI=1S/C13H18O4S/c1-7(2)10-9(5-6-18-10)13(8(3)4,11(14)15)12(16)17/h5-8H,1-4H3,(H,14,15)(H,16,17). The maximum absolute atomic E-state index is 11.6. The van der Waals surface area contributed by atoms with Crippen LogP contribution in [0.2, 0.25) is 0 Å². The van der Waals surface area contributed by atoms with E-state index in [1.54, 1.807) is 25.3 Å². The number of rotatable bonds is 5. The van der Waals surface area contributed by atoms with Crippen LogP contribution in [0.1, 0.15) is 44.1 Å². The van der Waals surface area contributed by atoms with E-state index in [0.29, 0.717) is 5.56 Å². The van der Waals surface area contributed by atoms with E-state index in [9.17, 15) is 19.8 Å². The van der Waals surface area contributed by atoms with E-state index in [2.05, 4.69) is 0 Å². The number of hydrogen-bond acceptors (Lipinski definition) is 3. The SMILES string of the molecule is CC(C)c1sccc1C(C(=O)O)(C(=O)O)C(C)C. The third-order valence-corrected chi connectivity index (χ3v) is 4.40. The lowest BCUT2D eigenvalue weighted by Crippen LogP contribution is -2.48. The Morgan fingerprint density at radius 3 is 2.00 bits per heavy atom. The van der Waals surface area contributed by atoms with Crippen molar-refractivity contribution in [3.63, 3.8) is 0 Å². The highest BCUT2D eigenvalue weighted by molar-refractivity contribution is 7.10. The first kappa shape index (κ1) is 14.7. The normalized spacial score (nSPS) is 12.1. The van der Waals surface area contributed by atoms with Crippen LogP contribution in [0.3, 0.4) is 0 Å². The van der Waals surface area contributed by atoms with Gasteiger partial charge in [0.1, 0.15) is 0 Å². The van der Waals surface area contributed by atoms with Crippen molar-refractivity contribution in [3.05, 3.63) is 21.9 Å². The largest absolute Gasteiger partial charge is 0.480 e. The molecule has 5 heteroatoms. The van der Waals surface area contributed by atoms with Gasteiger partial charge in [-0.3, -0.25) is 9.59 Å². The predicted molar refractivity (Wildman–Crippen MR) is 70.2 cm³/mol. The maximum Gasteiger partial charge on any atom is 0.325 e. The Labute approximate surface area is 110 Å². The molecule has 0 aliphatic carbocycles. The van der Waals surface area contributed by atoms with Crippen molar-refractivity contribution < 1.29 is 19.8 Å². The fraction of sp³-hybridized carbons (Fsp3) is 0.538. The van der Waals surface area contributed by atoms with Crippen molar-refractivity contribution in [2.24, 2.45) is 5.92 Å². The van der Waals surface area contributed by atoms with Crippen LogP contribution in [0.4, 0.5) is 0 Å². The van der Waals surface area contributed by atoms with Gasteiger partial charge in [-0.15, -0.1) is 11.3 Å². The molecule has 1 heterocycles. The molecule has 0 aliphatic rings.